The molecule has 0 saturated carbocycles. The number of pyridine rings is 1. The highest BCUT2D eigenvalue weighted by Crippen LogP contribution is 2.36. The van der Waals surface area contributed by atoms with Gasteiger partial charge in [0, 0.05) is 16.8 Å². The number of hydrogen-bond donors (Lipinski definition) is 1. The number of hydrogen-bond acceptors (Lipinski definition) is 5. The molecular weight excluding hydrogens is 454 g/mol. The molecule has 0 aliphatic rings. The molecule has 0 spiro atoms. The van der Waals surface area contributed by atoms with Crippen molar-refractivity contribution in [3.8, 4) is 34.2 Å². The van der Waals surface area contributed by atoms with Gasteiger partial charge in [0.2, 0.25) is 5.91 Å². The number of amides is 1. The van der Waals surface area contributed by atoms with Crippen LogP contribution in [0.4, 0.5) is 5.69 Å². The Kier molecular flexibility index (Phi) is 7.49. The van der Waals surface area contributed by atoms with Gasteiger partial charge >= 0.3 is 0 Å². The molecule has 1 heterocycles. The van der Waals surface area contributed by atoms with Gasteiger partial charge in [0.25, 0.3) is 0 Å². The van der Waals surface area contributed by atoms with E-state index in [-0.39, 0.29) is 5.91 Å². The molecule has 0 bridgehead atoms. The highest BCUT2D eigenvalue weighted by atomic mass is 32.2. The van der Waals surface area contributed by atoms with E-state index in [1.165, 1.54) is 11.8 Å². The lowest BCUT2D eigenvalue weighted by Gasteiger charge is -2.16. The molecule has 1 N–H and O–H groups in total. The van der Waals surface area contributed by atoms with Crippen LogP contribution in [0, 0.1) is 18.3 Å². The quantitative estimate of drug-likeness (QED) is 0.298. The average molecular weight is 480 g/mol. The third-order valence-electron chi connectivity index (χ3n) is 5.55. The van der Waals surface area contributed by atoms with Crippen molar-refractivity contribution in [1.29, 1.82) is 5.26 Å². The number of methoxy groups -OCH3 is 1. The Labute approximate surface area is 209 Å². The molecule has 4 rings (SSSR count). The SMILES string of the molecule is COc1ccc(-c2cc(-c3ccccc3)nc(S[C@@H](C)C(=O)Nc3ccc(C)cc3)c2C#N)cc1. The molecule has 1 aromatic heterocycles. The summed E-state index contributed by atoms with van der Waals surface area (Å²) in [5.74, 6) is 0.584. The van der Waals surface area contributed by atoms with Crippen LogP contribution in [-0.4, -0.2) is 23.3 Å². The average Bonchev–Trinajstić information content (AvgIpc) is 2.90. The molecule has 35 heavy (non-hydrogen) atoms. The van der Waals surface area contributed by atoms with Crippen molar-refractivity contribution in [2.75, 3.05) is 12.4 Å². The zero-order valence-electron chi connectivity index (χ0n) is 19.8. The van der Waals surface area contributed by atoms with E-state index in [2.05, 4.69) is 11.4 Å². The Morgan fingerprint density at radius 1 is 1.00 bits per heavy atom. The summed E-state index contributed by atoms with van der Waals surface area (Å²) in [6, 6.07) is 29.3. The lowest BCUT2D eigenvalue weighted by atomic mass is 9.99. The Balaban J connectivity index is 1.72. The summed E-state index contributed by atoms with van der Waals surface area (Å²) in [4.78, 5) is 17.7. The maximum atomic E-state index is 12.9. The monoisotopic (exact) mass is 479 g/mol. The van der Waals surface area contributed by atoms with Crippen LogP contribution in [0.25, 0.3) is 22.4 Å². The van der Waals surface area contributed by atoms with E-state index < -0.39 is 5.25 Å². The molecule has 0 aliphatic carbocycles. The van der Waals surface area contributed by atoms with Gasteiger partial charge in [-0.3, -0.25) is 4.79 Å². The zero-order chi connectivity index (χ0) is 24.8. The van der Waals surface area contributed by atoms with Crippen LogP contribution >= 0.6 is 11.8 Å². The van der Waals surface area contributed by atoms with Crippen LogP contribution in [0.15, 0.2) is 90.0 Å². The minimum Gasteiger partial charge on any atom is -0.497 e. The number of rotatable bonds is 7. The number of aromatic nitrogens is 1. The number of carbonyl (C=O) groups is 1. The number of nitrogens with zero attached hydrogens (tertiary/aromatic N) is 2. The molecule has 0 saturated heterocycles. The van der Waals surface area contributed by atoms with E-state index >= 15 is 0 Å². The number of carbonyl (C=O) groups excluding carboxylic acids is 1. The van der Waals surface area contributed by atoms with Crippen LogP contribution in [0.1, 0.15) is 18.1 Å². The molecule has 5 nitrogen and oxygen atoms in total. The molecular formula is C29H25N3O2S. The predicted octanol–water partition coefficient (Wildman–Crippen LogP) is 6.72. The van der Waals surface area contributed by atoms with Crippen molar-refractivity contribution in [2.24, 2.45) is 0 Å². The van der Waals surface area contributed by atoms with Gasteiger partial charge in [0.05, 0.1) is 23.6 Å². The number of aryl methyl sites for hydroxylation is 1. The van der Waals surface area contributed by atoms with E-state index in [1.807, 2.05) is 98.8 Å². The van der Waals surface area contributed by atoms with Gasteiger partial charge in [0.15, 0.2) is 0 Å². The fourth-order valence-electron chi connectivity index (χ4n) is 3.57. The number of benzene rings is 3. The van der Waals surface area contributed by atoms with Crippen molar-refractivity contribution in [2.45, 2.75) is 24.1 Å². The molecule has 1 amide bonds. The topological polar surface area (TPSA) is 75.0 Å². The third kappa shape index (κ3) is 5.71. The number of nitrogens with one attached hydrogen (secondary N) is 1. The summed E-state index contributed by atoms with van der Waals surface area (Å²) >= 11 is 1.28. The van der Waals surface area contributed by atoms with Gasteiger partial charge in [-0.05, 0) is 49.7 Å². The van der Waals surface area contributed by atoms with E-state index in [9.17, 15) is 10.1 Å². The van der Waals surface area contributed by atoms with Crippen molar-refractivity contribution in [1.82, 2.24) is 4.98 Å². The molecule has 1 atom stereocenters. The van der Waals surface area contributed by atoms with Crippen LogP contribution in [-0.2, 0) is 4.79 Å². The Morgan fingerprint density at radius 3 is 2.31 bits per heavy atom. The standard InChI is InChI=1S/C29H25N3O2S/c1-19-9-13-23(14-10-19)31-28(33)20(2)35-29-26(18-30)25(21-11-15-24(34-3)16-12-21)17-27(32-29)22-7-5-4-6-8-22/h4-17,20H,1-3H3,(H,31,33)/t20-/m0/s1. The van der Waals surface area contributed by atoms with Gasteiger partial charge in [-0.1, -0.05) is 71.9 Å². The van der Waals surface area contributed by atoms with Crippen molar-refractivity contribution in [3.05, 3.63) is 96.1 Å². The highest BCUT2D eigenvalue weighted by molar-refractivity contribution is 8.00. The largest absolute Gasteiger partial charge is 0.497 e. The van der Waals surface area contributed by atoms with Crippen LogP contribution in [0.2, 0.25) is 0 Å². The van der Waals surface area contributed by atoms with Gasteiger partial charge < -0.3 is 10.1 Å². The first-order valence-electron chi connectivity index (χ1n) is 11.2. The molecule has 0 unspecified atom stereocenters. The maximum absolute atomic E-state index is 12.9. The Hall–Kier alpha value is -4.08. The van der Waals surface area contributed by atoms with Gasteiger partial charge in [0.1, 0.15) is 16.8 Å². The van der Waals surface area contributed by atoms with E-state index in [1.54, 1.807) is 7.11 Å². The van der Waals surface area contributed by atoms with E-state index in [0.29, 0.717) is 10.6 Å². The van der Waals surface area contributed by atoms with E-state index in [0.717, 1.165) is 39.4 Å². The Bertz CT molecular complexity index is 1360. The number of nitriles is 1. The lowest BCUT2D eigenvalue weighted by molar-refractivity contribution is -0.115. The van der Waals surface area contributed by atoms with Crippen LogP contribution < -0.4 is 10.1 Å². The normalized spacial score (nSPS) is 11.4. The molecule has 0 fully saturated rings. The first-order valence-corrected chi connectivity index (χ1v) is 12.1. The predicted molar refractivity (Wildman–Crippen MR) is 142 cm³/mol. The first-order chi connectivity index (χ1) is 17.0. The minimum absolute atomic E-state index is 0.152. The molecule has 4 aromatic rings. The van der Waals surface area contributed by atoms with Gasteiger partial charge in [-0.25, -0.2) is 4.98 Å². The van der Waals surface area contributed by atoms with Gasteiger partial charge in [-0.2, -0.15) is 5.26 Å². The molecule has 0 aliphatic heterocycles. The second-order valence-electron chi connectivity index (χ2n) is 8.06. The number of anilines is 1. The Morgan fingerprint density at radius 2 is 1.69 bits per heavy atom. The second kappa shape index (κ2) is 10.9. The fraction of sp³-hybridized carbons (Fsp3) is 0.138. The summed E-state index contributed by atoms with van der Waals surface area (Å²) in [6.07, 6.45) is 0. The summed E-state index contributed by atoms with van der Waals surface area (Å²) in [5.41, 5.74) is 5.61. The number of ether oxygens (including phenoxy) is 1. The maximum Gasteiger partial charge on any atom is 0.237 e. The number of thioether (sulfide) groups is 1. The minimum atomic E-state index is -0.467. The fourth-order valence-corrected chi connectivity index (χ4v) is 4.50. The second-order valence-corrected chi connectivity index (χ2v) is 9.39. The van der Waals surface area contributed by atoms with Gasteiger partial charge in [-0.15, -0.1) is 0 Å². The summed E-state index contributed by atoms with van der Waals surface area (Å²) in [6.45, 7) is 3.82. The smallest absolute Gasteiger partial charge is 0.237 e. The summed E-state index contributed by atoms with van der Waals surface area (Å²) in [5, 5.41) is 13.1. The van der Waals surface area contributed by atoms with Crippen molar-refractivity contribution in [3.63, 3.8) is 0 Å². The molecule has 174 valence electrons. The third-order valence-corrected chi connectivity index (χ3v) is 6.63. The first kappa shape index (κ1) is 24.1. The van der Waals surface area contributed by atoms with Crippen molar-refractivity contribution >= 4 is 23.4 Å². The lowest BCUT2D eigenvalue weighted by Crippen LogP contribution is -2.22. The van der Waals surface area contributed by atoms with Crippen LogP contribution in [0.3, 0.4) is 0 Å². The zero-order valence-corrected chi connectivity index (χ0v) is 20.6. The summed E-state index contributed by atoms with van der Waals surface area (Å²) < 4.78 is 5.29. The molecule has 6 heteroatoms. The van der Waals surface area contributed by atoms with Crippen molar-refractivity contribution < 1.29 is 9.53 Å². The van der Waals surface area contributed by atoms with E-state index in [4.69, 9.17) is 9.72 Å². The van der Waals surface area contributed by atoms with Crippen LogP contribution in [0.5, 0.6) is 5.75 Å². The molecule has 3 aromatic carbocycles. The highest BCUT2D eigenvalue weighted by Gasteiger charge is 2.21. The summed E-state index contributed by atoms with van der Waals surface area (Å²) in [7, 11) is 1.62. The molecule has 0 radical (unpaired) electrons.